The molecular formula is C19H19FN4O2. The Hall–Kier alpha value is -3.22. The molecule has 7 heteroatoms. The van der Waals surface area contributed by atoms with Gasteiger partial charge in [-0.05, 0) is 49.7 Å². The average molecular weight is 354 g/mol. The summed E-state index contributed by atoms with van der Waals surface area (Å²) in [5.74, 6) is 0.544. The van der Waals surface area contributed by atoms with Gasteiger partial charge in [0.15, 0.2) is 5.60 Å². The van der Waals surface area contributed by atoms with Gasteiger partial charge in [-0.25, -0.2) is 14.4 Å². The SMILES string of the molecule is CC(C)(Oc1ccc(F)cc1)C(=O)NCc1ccc(-n2ccnc2)nc1. The van der Waals surface area contributed by atoms with Gasteiger partial charge in [0.2, 0.25) is 0 Å². The maximum atomic E-state index is 13.0. The number of imidazole rings is 1. The highest BCUT2D eigenvalue weighted by molar-refractivity contribution is 5.84. The quantitative estimate of drug-likeness (QED) is 0.739. The van der Waals surface area contributed by atoms with Crippen LogP contribution in [0, 0.1) is 5.82 Å². The second-order valence-electron chi connectivity index (χ2n) is 6.24. The second-order valence-corrected chi connectivity index (χ2v) is 6.24. The van der Waals surface area contributed by atoms with Crippen LogP contribution in [0.2, 0.25) is 0 Å². The zero-order valence-corrected chi connectivity index (χ0v) is 14.5. The lowest BCUT2D eigenvalue weighted by atomic mass is 10.1. The van der Waals surface area contributed by atoms with Crippen molar-refractivity contribution in [1.82, 2.24) is 19.9 Å². The Balaban J connectivity index is 1.57. The predicted molar refractivity (Wildman–Crippen MR) is 94.3 cm³/mol. The van der Waals surface area contributed by atoms with Crippen LogP contribution in [0.3, 0.4) is 0 Å². The second kappa shape index (κ2) is 7.35. The molecule has 1 N–H and O–H groups in total. The number of halogens is 1. The van der Waals surface area contributed by atoms with Gasteiger partial charge in [0.25, 0.3) is 5.91 Å². The van der Waals surface area contributed by atoms with E-state index < -0.39 is 5.60 Å². The third kappa shape index (κ3) is 4.24. The molecule has 0 spiro atoms. The number of benzene rings is 1. The molecule has 0 aliphatic heterocycles. The fourth-order valence-electron chi connectivity index (χ4n) is 2.31. The van der Waals surface area contributed by atoms with Crippen molar-refractivity contribution in [2.75, 3.05) is 0 Å². The number of hydrogen-bond donors (Lipinski definition) is 1. The molecule has 0 atom stereocenters. The first-order valence-electron chi connectivity index (χ1n) is 8.10. The van der Waals surface area contributed by atoms with Gasteiger partial charge in [-0.3, -0.25) is 9.36 Å². The smallest absolute Gasteiger partial charge is 0.263 e. The maximum absolute atomic E-state index is 13.0. The highest BCUT2D eigenvalue weighted by Gasteiger charge is 2.29. The molecule has 0 fully saturated rings. The topological polar surface area (TPSA) is 69.0 Å². The largest absolute Gasteiger partial charge is 0.478 e. The van der Waals surface area contributed by atoms with Crippen molar-refractivity contribution in [3.63, 3.8) is 0 Å². The number of nitrogens with zero attached hydrogens (tertiary/aromatic N) is 3. The van der Waals surface area contributed by atoms with E-state index in [4.69, 9.17) is 4.74 Å². The van der Waals surface area contributed by atoms with Crippen LogP contribution in [0.5, 0.6) is 5.75 Å². The van der Waals surface area contributed by atoms with Crippen molar-refractivity contribution in [1.29, 1.82) is 0 Å². The van der Waals surface area contributed by atoms with Crippen LogP contribution in [0.4, 0.5) is 4.39 Å². The summed E-state index contributed by atoms with van der Waals surface area (Å²) in [4.78, 5) is 20.7. The third-order valence-electron chi connectivity index (χ3n) is 3.76. The number of carbonyl (C=O) groups excluding carboxylic acids is 1. The van der Waals surface area contributed by atoms with Gasteiger partial charge < -0.3 is 10.1 Å². The Kier molecular flexibility index (Phi) is 4.97. The van der Waals surface area contributed by atoms with E-state index in [2.05, 4.69) is 15.3 Å². The summed E-state index contributed by atoms with van der Waals surface area (Å²) in [5.41, 5.74) is -0.234. The van der Waals surface area contributed by atoms with E-state index in [0.29, 0.717) is 12.3 Å². The molecule has 0 saturated heterocycles. The standard InChI is InChI=1S/C19H19FN4O2/c1-19(2,26-16-6-4-15(20)5-7-16)18(25)23-12-14-3-8-17(22-11-14)24-10-9-21-13-24/h3-11,13H,12H2,1-2H3,(H,23,25). The summed E-state index contributed by atoms with van der Waals surface area (Å²) in [6.07, 6.45) is 6.85. The summed E-state index contributed by atoms with van der Waals surface area (Å²) >= 11 is 0. The first-order chi connectivity index (χ1) is 12.4. The number of carbonyl (C=O) groups is 1. The van der Waals surface area contributed by atoms with Gasteiger partial charge in [0.05, 0.1) is 0 Å². The molecule has 3 aromatic rings. The molecule has 6 nitrogen and oxygen atoms in total. The van der Waals surface area contributed by atoms with Gasteiger partial charge >= 0.3 is 0 Å². The van der Waals surface area contributed by atoms with E-state index in [0.717, 1.165) is 11.4 Å². The normalized spacial score (nSPS) is 11.2. The lowest BCUT2D eigenvalue weighted by Crippen LogP contribution is -2.46. The number of aromatic nitrogens is 3. The minimum atomic E-state index is -1.10. The highest BCUT2D eigenvalue weighted by atomic mass is 19.1. The molecule has 3 rings (SSSR count). The number of ether oxygens (including phenoxy) is 1. The summed E-state index contributed by atoms with van der Waals surface area (Å²) in [7, 11) is 0. The molecule has 1 amide bonds. The third-order valence-corrected chi connectivity index (χ3v) is 3.76. The van der Waals surface area contributed by atoms with Crippen LogP contribution in [0.1, 0.15) is 19.4 Å². The van der Waals surface area contributed by atoms with Gasteiger partial charge in [0, 0.05) is 25.1 Å². The Labute approximate surface area is 150 Å². The first-order valence-corrected chi connectivity index (χ1v) is 8.10. The molecule has 2 heterocycles. The molecule has 0 aliphatic carbocycles. The first kappa shape index (κ1) is 17.6. The molecule has 0 bridgehead atoms. The summed E-state index contributed by atoms with van der Waals surface area (Å²) in [5, 5.41) is 2.83. The Bertz CT molecular complexity index is 860. The molecule has 26 heavy (non-hydrogen) atoms. The summed E-state index contributed by atoms with van der Waals surface area (Å²) < 4.78 is 20.4. The van der Waals surface area contributed by atoms with Crippen LogP contribution >= 0.6 is 0 Å². The minimum Gasteiger partial charge on any atom is -0.478 e. The van der Waals surface area contributed by atoms with Gasteiger partial charge in [-0.15, -0.1) is 0 Å². The number of amides is 1. The van der Waals surface area contributed by atoms with E-state index in [1.165, 1.54) is 24.3 Å². The number of nitrogens with one attached hydrogen (secondary N) is 1. The van der Waals surface area contributed by atoms with E-state index in [9.17, 15) is 9.18 Å². The molecule has 0 unspecified atom stereocenters. The van der Waals surface area contributed by atoms with Crippen molar-refractivity contribution >= 4 is 5.91 Å². The highest BCUT2D eigenvalue weighted by Crippen LogP contribution is 2.19. The lowest BCUT2D eigenvalue weighted by molar-refractivity contribution is -0.134. The molecular weight excluding hydrogens is 335 g/mol. The van der Waals surface area contributed by atoms with E-state index in [-0.39, 0.29) is 11.7 Å². The van der Waals surface area contributed by atoms with Crippen LogP contribution in [0.25, 0.3) is 5.82 Å². The van der Waals surface area contributed by atoms with Crippen molar-refractivity contribution in [2.45, 2.75) is 26.0 Å². The zero-order chi connectivity index (χ0) is 18.6. The molecule has 2 aromatic heterocycles. The Morgan fingerprint density at radius 3 is 2.62 bits per heavy atom. The molecule has 0 radical (unpaired) electrons. The Morgan fingerprint density at radius 2 is 2.00 bits per heavy atom. The van der Waals surface area contributed by atoms with Gasteiger partial charge in [-0.1, -0.05) is 6.07 Å². The van der Waals surface area contributed by atoms with Crippen LogP contribution in [-0.2, 0) is 11.3 Å². The van der Waals surface area contributed by atoms with Crippen LogP contribution in [0.15, 0.2) is 61.3 Å². The lowest BCUT2D eigenvalue weighted by Gasteiger charge is -2.25. The van der Waals surface area contributed by atoms with Crippen molar-refractivity contribution in [3.8, 4) is 11.6 Å². The number of pyridine rings is 1. The average Bonchev–Trinajstić information content (AvgIpc) is 3.16. The monoisotopic (exact) mass is 354 g/mol. The zero-order valence-electron chi connectivity index (χ0n) is 14.5. The predicted octanol–water partition coefficient (Wildman–Crippen LogP) is 2.88. The Morgan fingerprint density at radius 1 is 1.23 bits per heavy atom. The van der Waals surface area contributed by atoms with E-state index >= 15 is 0 Å². The van der Waals surface area contributed by atoms with Gasteiger partial charge in [0.1, 0.15) is 23.7 Å². The van der Waals surface area contributed by atoms with Crippen LogP contribution < -0.4 is 10.1 Å². The minimum absolute atomic E-state index is 0.277. The molecule has 1 aromatic carbocycles. The van der Waals surface area contributed by atoms with Crippen molar-refractivity contribution < 1.29 is 13.9 Å². The van der Waals surface area contributed by atoms with Crippen molar-refractivity contribution in [3.05, 3.63) is 72.7 Å². The summed E-state index contributed by atoms with van der Waals surface area (Å²) in [6.45, 7) is 3.64. The van der Waals surface area contributed by atoms with Crippen molar-refractivity contribution in [2.24, 2.45) is 0 Å². The van der Waals surface area contributed by atoms with Gasteiger partial charge in [-0.2, -0.15) is 0 Å². The maximum Gasteiger partial charge on any atom is 0.263 e. The van der Waals surface area contributed by atoms with E-state index in [1.807, 2.05) is 12.1 Å². The fraction of sp³-hybridized carbons (Fsp3) is 0.211. The number of hydrogen-bond acceptors (Lipinski definition) is 4. The van der Waals surface area contributed by atoms with E-state index in [1.54, 1.807) is 43.3 Å². The van der Waals surface area contributed by atoms with Crippen LogP contribution in [-0.4, -0.2) is 26.0 Å². The molecule has 134 valence electrons. The molecule has 0 saturated carbocycles. The number of rotatable bonds is 6. The molecule has 0 aliphatic rings. The fourth-order valence-corrected chi connectivity index (χ4v) is 2.31. The summed E-state index contributed by atoms with van der Waals surface area (Å²) in [6, 6.07) is 9.29.